The molecule has 0 aliphatic carbocycles. The van der Waals surface area contributed by atoms with Crippen LogP contribution in [-0.4, -0.2) is 56.1 Å². The van der Waals surface area contributed by atoms with Crippen LogP contribution in [0.25, 0.3) is 0 Å². The van der Waals surface area contributed by atoms with E-state index in [0.717, 1.165) is 56.2 Å². The Hall–Kier alpha value is -0.880. The second-order valence-electron chi connectivity index (χ2n) is 5.29. The molecule has 2 rings (SSSR count). The third kappa shape index (κ3) is 4.59. The molecule has 20 heavy (non-hydrogen) atoms. The summed E-state index contributed by atoms with van der Waals surface area (Å²) in [6.07, 6.45) is 5.97. The lowest BCUT2D eigenvalue weighted by molar-refractivity contribution is 0.285. The van der Waals surface area contributed by atoms with Gasteiger partial charge in [-0.25, -0.2) is 0 Å². The van der Waals surface area contributed by atoms with Crippen molar-refractivity contribution in [3.05, 3.63) is 12.4 Å². The number of nitrogens with one attached hydrogen (secondary N) is 1. The fraction of sp³-hybridized carbons (Fsp3) is 0.786. The van der Waals surface area contributed by atoms with Crippen LogP contribution in [0.4, 0.5) is 5.69 Å². The first-order valence-electron chi connectivity index (χ1n) is 7.57. The topological polar surface area (TPSA) is 50.2 Å². The van der Waals surface area contributed by atoms with E-state index < -0.39 is 10.8 Å². The molecule has 1 saturated heterocycles. The summed E-state index contributed by atoms with van der Waals surface area (Å²) in [5.74, 6) is 1.65. The lowest BCUT2D eigenvalue weighted by Crippen LogP contribution is -2.29. The molecular formula is C14H26N4OS. The Morgan fingerprint density at radius 1 is 1.40 bits per heavy atom. The molecule has 5 nitrogen and oxygen atoms in total. The monoisotopic (exact) mass is 298 g/mol. The van der Waals surface area contributed by atoms with Gasteiger partial charge in [0.25, 0.3) is 0 Å². The second kappa shape index (κ2) is 7.78. The molecule has 0 aromatic carbocycles. The lowest BCUT2D eigenvalue weighted by Gasteiger charge is -2.22. The molecule has 0 unspecified atom stereocenters. The summed E-state index contributed by atoms with van der Waals surface area (Å²) in [5, 5.41) is 7.91. The zero-order valence-corrected chi connectivity index (χ0v) is 13.4. The van der Waals surface area contributed by atoms with Gasteiger partial charge in [0.15, 0.2) is 0 Å². The third-order valence-corrected chi connectivity index (χ3v) is 5.31. The van der Waals surface area contributed by atoms with Crippen LogP contribution in [0.2, 0.25) is 0 Å². The van der Waals surface area contributed by atoms with E-state index in [0.29, 0.717) is 6.04 Å². The second-order valence-corrected chi connectivity index (χ2v) is 6.98. The van der Waals surface area contributed by atoms with E-state index in [1.165, 1.54) is 0 Å². The maximum absolute atomic E-state index is 11.3. The normalized spacial score (nSPS) is 23.1. The molecule has 0 atom stereocenters. The van der Waals surface area contributed by atoms with E-state index in [4.69, 9.17) is 0 Å². The molecule has 1 aliphatic rings. The lowest BCUT2D eigenvalue weighted by atomic mass is 10.1. The van der Waals surface area contributed by atoms with Gasteiger partial charge in [0.05, 0.1) is 18.4 Å². The van der Waals surface area contributed by atoms with Crippen molar-refractivity contribution in [2.24, 2.45) is 0 Å². The van der Waals surface area contributed by atoms with Gasteiger partial charge in [-0.3, -0.25) is 8.89 Å². The van der Waals surface area contributed by atoms with Crippen molar-refractivity contribution >= 4 is 16.5 Å². The smallest absolute Gasteiger partial charge is 0.0728 e. The Balaban J connectivity index is 1.78. The maximum atomic E-state index is 11.3. The zero-order chi connectivity index (χ0) is 14.4. The Morgan fingerprint density at radius 3 is 2.75 bits per heavy atom. The van der Waals surface area contributed by atoms with Gasteiger partial charge in [-0.15, -0.1) is 0 Å². The molecule has 1 aliphatic heterocycles. The van der Waals surface area contributed by atoms with Crippen molar-refractivity contribution in [3.63, 3.8) is 0 Å². The molecule has 0 bridgehead atoms. The average molecular weight is 298 g/mol. The van der Waals surface area contributed by atoms with Crippen LogP contribution >= 0.6 is 0 Å². The summed E-state index contributed by atoms with van der Waals surface area (Å²) in [5.41, 5.74) is 1.09. The number of hydrogen-bond acceptors (Lipinski definition) is 4. The number of hydrogen-bond donors (Lipinski definition) is 1. The molecular weight excluding hydrogens is 272 g/mol. The van der Waals surface area contributed by atoms with Crippen LogP contribution in [0.5, 0.6) is 0 Å². The van der Waals surface area contributed by atoms with Gasteiger partial charge >= 0.3 is 0 Å². The number of rotatable bonds is 7. The van der Waals surface area contributed by atoms with Crippen LogP contribution in [0.1, 0.15) is 26.7 Å². The van der Waals surface area contributed by atoms with Gasteiger partial charge in [0.1, 0.15) is 0 Å². The highest BCUT2D eigenvalue weighted by Crippen LogP contribution is 2.15. The Morgan fingerprint density at radius 2 is 2.10 bits per heavy atom. The van der Waals surface area contributed by atoms with Crippen LogP contribution in [0.15, 0.2) is 12.4 Å². The number of aromatic nitrogens is 2. The van der Waals surface area contributed by atoms with Gasteiger partial charge in [0.2, 0.25) is 0 Å². The Bertz CT molecular complexity index is 421. The van der Waals surface area contributed by atoms with Crippen LogP contribution in [0.3, 0.4) is 0 Å². The molecule has 6 heteroatoms. The van der Waals surface area contributed by atoms with Crippen LogP contribution in [-0.2, 0) is 17.3 Å². The van der Waals surface area contributed by atoms with Crippen LogP contribution < -0.4 is 5.32 Å². The quantitative estimate of drug-likeness (QED) is 0.830. The first kappa shape index (κ1) is 15.5. The highest BCUT2D eigenvalue weighted by atomic mass is 32.2. The molecule has 0 amide bonds. The van der Waals surface area contributed by atoms with E-state index in [2.05, 4.69) is 35.4 Å². The summed E-state index contributed by atoms with van der Waals surface area (Å²) in [6, 6.07) is 0.452. The van der Waals surface area contributed by atoms with E-state index in [-0.39, 0.29) is 0 Å². The molecule has 1 N–H and O–H groups in total. The molecule has 114 valence electrons. The Kier molecular flexibility index (Phi) is 6.04. The summed E-state index contributed by atoms with van der Waals surface area (Å²) in [7, 11) is -0.591. The molecule has 1 aromatic rings. The van der Waals surface area contributed by atoms with Crippen molar-refractivity contribution < 1.29 is 4.21 Å². The summed E-state index contributed by atoms with van der Waals surface area (Å²) >= 11 is 0. The fourth-order valence-electron chi connectivity index (χ4n) is 2.52. The molecule has 1 fully saturated rings. The van der Waals surface area contributed by atoms with E-state index in [1.807, 2.05) is 10.9 Å². The van der Waals surface area contributed by atoms with Gasteiger partial charge in [-0.1, -0.05) is 13.8 Å². The van der Waals surface area contributed by atoms with Gasteiger partial charge < -0.3 is 10.2 Å². The number of anilines is 1. The summed E-state index contributed by atoms with van der Waals surface area (Å²) < 4.78 is 13.3. The first-order valence-corrected chi connectivity index (χ1v) is 9.06. The predicted octanol–water partition coefficient (Wildman–Crippen LogP) is 1.55. The van der Waals surface area contributed by atoms with Crippen molar-refractivity contribution in [1.29, 1.82) is 0 Å². The molecule has 0 spiro atoms. The highest BCUT2D eigenvalue weighted by Gasteiger charge is 2.17. The molecule has 2 heterocycles. The van der Waals surface area contributed by atoms with Crippen molar-refractivity contribution in [2.75, 3.05) is 36.5 Å². The largest absolute Gasteiger partial charge is 0.380 e. The minimum Gasteiger partial charge on any atom is -0.380 e. The van der Waals surface area contributed by atoms with Gasteiger partial charge in [0, 0.05) is 41.1 Å². The summed E-state index contributed by atoms with van der Waals surface area (Å²) in [6.45, 7) is 8.51. The third-order valence-electron chi connectivity index (χ3n) is 3.93. The summed E-state index contributed by atoms with van der Waals surface area (Å²) in [4.78, 5) is 2.39. The van der Waals surface area contributed by atoms with Gasteiger partial charge in [-0.2, -0.15) is 5.10 Å². The van der Waals surface area contributed by atoms with Crippen molar-refractivity contribution in [3.8, 4) is 0 Å². The minimum atomic E-state index is -0.591. The SMILES string of the molecule is CCN(CC)CCn1cc(NC2CCS(=O)CC2)cn1. The molecule has 1 aromatic heterocycles. The standard InChI is InChI=1S/C14H26N4OS/c1-3-17(4-2)7-8-18-12-14(11-15-18)16-13-5-9-20(19)10-6-13/h11-13,16H,3-10H2,1-2H3. The number of nitrogens with zero attached hydrogens (tertiary/aromatic N) is 3. The average Bonchev–Trinajstić information content (AvgIpc) is 2.90. The predicted molar refractivity (Wildman–Crippen MR) is 84.5 cm³/mol. The van der Waals surface area contributed by atoms with E-state index in [1.54, 1.807) is 0 Å². The van der Waals surface area contributed by atoms with Crippen molar-refractivity contribution in [1.82, 2.24) is 14.7 Å². The highest BCUT2D eigenvalue weighted by molar-refractivity contribution is 7.85. The Labute approximate surface area is 124 Å². The molecule has 0 radical (unpaired) electrons. The molecule has 0 saturated carbocycles. The van der Waals surface area contributed by atoms with Crippen molar-refractivity contribution in [2.45, 2.75) is 39.3 Å². The number of likely N-dealkylation sites (N-methyl/N-ethyl adjacent to an activating group) is 1. The zero-order valence-electron chi connectivity index (χ0n) is 12.5. The van der Waals surface area contributed by atoms with Gasteiger partial charge in [-0.05, 0) is 25.9 Å². The van der Waals surface area contributed by atoms with E-state index >= 15 is 0 Å². The minimum absolute atomic E-state index is 0.452. The van der Waals surface area contributed by atoms with Crippen LogP contribution in [0, 0.1) is 0 Å². The fourth-order valence-corrected chi connectivity index (χ4v) is 3.82. The van der Waals surface area contributed by atoms with E-state index in [9.17, 15) is 4.21 Å². The maximum Gasteiger partial charge on any atom is 0.0728 e. The first-order chi connectivity index (χ1) is 9.71.